The van der Waals surface area contributed by atoms with Crippen LogP contribution < -0.4 is 11.1 Å². The predicted molar refractivity (Wildman–Crippen MR) is 83.8 cm³/mol. The average Bonchev–Trinajstić information content (AvgIpc) is 2.33. The van der Waals surface area contributed by atoms with Crippen LogP contribution in [0.3, 0.4) is 0 Å². The molecule has 1 unspecified atom stereocenters. The second kappa shape index (κ2) is 8.52. The van der Waals surface area contributed by atoms with E-state index < -0.39 is 16.8 Å². The molecular formula is C14H28N2O3S. The summed E-state index contributed by atoms with van der Waals surface area (Å²) in [5.74, 6) is -0.277. The van der Waals surface area contributed by atoms with Crippen molar-refractivity contribution >= 4 is 23.6 Å². The van der Waals surface area contributed by atoms with E-state index in [1.54, 1.807) is 13.8 Å². The van der Waals surface area contributed by atoms with Gasteiger partial charge in [-0.3, -0.25) is 9.59 Å². The van der Waals surface area contributed by atoms with Crippen LogP contribution >= 0.6 is 11.8 Å². The van der Waals surface area contributed by atoms with Crippen molar-refractivity contribution in [3.8, 4) is 0 Å². The highest BCUT2D eigenvalue weighted by Crippen LogP contribution is 2.27. The van der Waals surface area contributed by atoms with Gasteiger partial charge in [0.1, 0.15) is 6.04 Å². The number of nitrogens with one attached hydrogen (secondary N) is 1. The van der Waals surface area contributed by atoms with Crippen LogP contribution in [-0.4, -0.2) is 39.6 Å². The molecule has 0 aromatic rings. The first-order chi connectivity index (χ1) is 9.06. The summed E-state index contributed by atoms with van der Waals surface area (Å²) in [4.78, 5) is 22.7. The summed E-state index contributed by atoms with van der Waals surface area (Å²) in [5, 5.41) is 11.8. The van der Waals surface area contributed by atoms with E-state index in [1.807, 2.05) is 6.92 Å². The summed E-state index contributed by atoms with van der Waals surface area (Å²) in [6.07, 6.45) is 2.02. The highest BCUT2D eigenvalue weighted by atomic mass is 32.2. The maximum Gasteiger partial charge on any atom is 0.321 e. The van der Waals surface area contributed by atoms with Crippen LogP contribution in [0.5, 0.6) is 0 Å². The predicted octanol–water partition coefficient (Wildman–Crippen LogP) is 1.85. The van der Waals surface area contributed by atoms with Gasteiger partial charge in [-0.2, -0.15) is 0 Å². The molecule has 0 aromatic heterocycles. The third kappa shape index (κ3) is 7.75. The lowest BCUT2D eigenvalue weighted by Crippen LogP contribution is -2.47. The molecule has 0 spiro atoms. The van der Waals surface area contributed by atoms with Gasteiger partial charge in [0, 0.05) is 10.8 Å². The number of thioether (sulfide) groups is 1. The van der Waals surface area contributed by atoms with Crippen LogP contribution in [0.4, 0.5) is 0 Å². The van der Waals surface area contributed by atoms with E-state index in [9.17, 15) is 9.59 Å². The Morgan fingerprint density at radius 2 is 1.80 bits per heavy atom. The minimum absolute atomic E-state index is 0.0723. The van der Waals surface area contributed by atoms with Gasteiger partial charge in [-0.1, -0.05) is 13.8 Å². The number of carbonyl (C=O) groups is 2. The Balaban J connectivity index is 4.13. The Bertz CT molecular complexity index is 332. The van der Waals surface area contributed by atoms with Crippen molar-refractivity contribution in [3.05, 3.63) is 0 Å². The SMILES string of the molecule is CC(C)CCC(C)NC(=O)CSC(C)(C)[C@@H](N)C(=O)O. The van der Waals surface area contributed by atoms with Gasteiger partial charge >= 0.3 is 5.97 Å². The second-order valence-corrected chi connectivity index (χ2v) is 7.78. The van der Waals surface area contributed by atoms with E-state index in [4.69, 9.17) is 10.8 Å². The number of hydrogen-bond donors (Lipinski definition) is 3. The van der Waals surface area contributed by atoms with Crippen molar-refractivity contribution in [3.63, 3.8) is 0 Å². The molecule has 2 atom stereocenters. The van der Waals surface area contributed by atoms with Crippen molar-refractivity contribution in [2.45, 2.75) is 64.3 Å². The lowest BCUT2D eigenvalue weighted by atomic mass is 10.0. The molecule has 0 aromatic carbocycles. The summed E-state index contributed by atoms with van der Waals surface area (Å²) in [6.45, 7) is 9.78. The Morgan fingerprint density at radius 3 is 2.25 bits per heavy atom. The zero-order valence-corrected chi connectivity index (χ0v) is 13.9. The highest BCUT2D eigenvalue weighted by Gasteiger charge is 2.33. The summed E-state index contributed by atoms with van der Waals surface area (Å²) >= 11 is 1.27. The summed E-state index contributed by atoms with van der Waals surface area (Å²) < 4.78 is -0.676. The van der Waals surface area contributed by atoms with Crippen LogP contribution in [0.15, 0.2) is 0 Å². The number of aliphatic carboxylic acids is 1. The first-order valence-corrected chi connectivity index (χ1v) is 7.96. The molecule has 6 heteroatoms. The molecule has 0 saturated heterocycles. The Morgan fingerprint density at radius 1 is 1.25 bits per heavy atom. The number of hydrogen-bond acceptors (Lipinski definition) is 4. The lowest BCUT2D eigenvalue weighted by Gasteiger charge is -2.28. The van der Waals surface area contributed by atoms with Crippen molar-refractivity contribution < 1.29 is 14.7 Å². The number of carboxylic acid groups (broad SMARTS) is 1. The molecule has 0 aliphatic rings. The fourth-order valence-electron chi connectivity index (χ4n) is 1.61. The first kappa shape index (κ1) is 19.2. The fourth-order valence-corrected chi connectivity index (χ4v) is 2.48. The van der Waals surface area contributed by atoms with Crippen molar-refractivity contribution in [2.24, 2.45) is 11.7 Å². The van der Waals surface area contributed by atoms with Gasteiger partial charge in [-0.15, -0.1) is 11.8 Å². The lowest BCUT2D eigenvalue weighted by molar-refractivity contribution is -0.139. The topological polar surface area (TPSA) is 92.4 Å². The molecule has 5 nitrogen and oxygen atoms in total. The Kier molecular flexibility index (Phi) is 8.20. The summed E-state index contributed by atoms with van der Waals surface area (Å²) in [6, 6.07) is -0.847. The van der Waals surface area contributed by atoms with Crippen molar-refractivity contribution in [1.82, 2.24) is 5.32 Å². The normalized spacial score (nSPS) is 14.9. The van der Waals surface area contributed by atoms with Gasteiger partial charge in [0.05, 0.1) is 5.75 Å². The van der Waals surface area contributed by atoms with Crippen molar-refractivity contribution in [2.75, 3.05) is 5.75 Å². The van der Waals surface area contributed by atoms with Gasteiger partial charge < -0.3 is 16.2 Å². The van der Waals surface area contributed by atoms with Crippen LogP contribution in [0.25, 0.3) is 0 Å². The molecule has 1 amide bonds. The molecule has 0 heterocycles. The standard InChI is InChI=1S/C14H28N2O3S/c1-9(2)6-7-10(3)16-11(17)8-20-14(4,5)12(15)13(18)19/h9-10,12H,6-8,15H2,1-5H3,(H,16,17)(H,18,19)/t10?,12-/m0/s1. The zero-order chi connectivity index (χ0) is 15.9. The van der Waals surface area contributed by atoms with E-state index in [2.05, 4.69) is 19.2 Å². The van der Waals surface area contributed by atoms with Gasteiger partial charge in [-0.25, -0.2) is 0 Å². The average molecular weight is 304 g/mol. The van der Waals surface area contributed by atoms with Gasteiger partial charge in [-0.05, 0) is 39.5 Å². The molecule has 0 rings (SSSR count). The first-order valence-electron chi connectivity index (χ1n) is 6.98. The minimum atomic E-state index is -1.05. The third-order valence-electron chi connectivity index (χ3n) is 3.17. The second-order valence-electron chi connectivity index (χ2n) is 6.15. The molecular weight excluding hydrogens is 276 g/mol. The molecule has 0 aliphatic heterocycles. The van der Waals surface area contributed by atoms with Gasteiger partial charge in [0.15, 0.2) is 0 Å². The number of amides is 1. The summed E-state index contributed by atoms with van der Waals surface area (Å²) in [7, 11) is 0. The number of nitrogens with two attached hydrogens (primary N) is 1. The van der Waals surface area contributed by atoms with E-state index in [-0.39, 0.29) is 17.7 Å². The molecule has 0 aliphatic carbocycles. The highest BCUT2D eigenvalue weighted by molar-refractivity contribution is 8.01. The Labute approximate surface area is 126 Å². The molecule has 0 bridgehead atoms. The quantitative estimate of drug-likeness (QED) is 0.604. The molecule has 20 heavy (non-hydrogen) atoms. The van der Waals surface area contributed by atoms with Crippen LogP contribution in [0, 0.1) is 5.92 Å². The third-order valence-corrected chi connectivity index (χ3v) is 4.58. The van der Waals surface area contributed by atoms with Gasteiger partial charge in [0.25, 0.3) is 0 Å². The maximum atomic E-state index is 11.8. The molecule has 0 fully saturated rings. The fraction of sp³-hybridized carbons (Fsp3) is 0.857. The summed E-state index contributed by atoms with van der Waals surface area (Å²) in [5.41, 5.74) is 5.61. The molecule has 4 N–H and O–H groups in total. The van der Waals surface area contributed by atoms with E-state index in [1.165, 1.54) is 11.8 Å². The number of carboxylic acids is 1. The molecule has 0 saturated carbocycles. The molecule has 0 radical (unpaired) electrons. The number of rotatable bonds is 9. The zero-order valence-electron chi connectivity index (χ0n) is 13.1. The van der Waals surface area contributed by atoms with Crippen molar-refractivity contribution in [1.29, 1.82) is 0 Å². The van der Waals surface area contributed by atoms with E-state index in [0.717, 1.165) is 12.8 Å². The smallest absolute Gasteiger partial charge is 0.321 e. The van der Waals surface area contributed by atoms with Crippen LogP contribution in [0.1, 0.15) is 47.5 Å². The Hall–Kier alpha value is -0.750. The van der Waals surface area contributed by atoms with Crippen LogP contribution in [-0.2, 0) is 9.59 Å². The molecule has 118 valence electrons. The van der Waals surface area contributed by atoms with E-state index >= 15 is 0 Å². The number of carbonyl (C=O) groups excluding carboxylic acids is 1. The largest absolute Gasteiger partial charge is 0.480 e. The minimum Gasteiger partial charge on any atom is -0.480 e. The van der Waals surface area contributed by atoms with Crippen LogP contribution in [0.2, 0.25) is 0 Å². The monoisotopic (exact) mass is 304 g/mol. The maximum absolute atomic E-state index is 11.8. The van der Waals surface area contributed by atoms with E-state index in [0.29, 0.717) is 5.92 Å². The van der Waals surface area contributed by atoms with Gasteiger partial charge in [0.2, 0.25) is 5.91 Å².